The van der Waals surface area contributed by atoms with Crippen molar-refractivity contribution < 1.29 is 23.6 Å². The van der Waals surface area contributed by atoms with E-state index in [1.807, 2.05) is 0 Å². The Labute approximate surface area is 139 Å². The smallest absolute Gasteiger partial charge is 0.293 e. The van der Waals surface area contributed by atoms with Gasteiger partial charge in [-0.3, -0.25) is 14.4 Å². The standard InChI is InChI=1S/C15H23N3O6/c1-10-11(13(20)18-24-10)12(19)16-6-4-7-17-14(21)15(22-2)5-3-8-23-9-15/h3-9H2,1-2H3,(H,16,19)(H,17,21)(H,18,20). The molecule has 1 fully saturated rings. The third-order valence-electron chi connectivity index (χ3n) is 4.04. The van der Waals surface area contributed by atoms with E-state index < -0.39 is 17.1 Å². The Morgan fingerprint density at radius 2 is 2.08 bits per heavy atom. The van der Waals surface area contributed by atoms with Gasteiger partial charge in [-0.2, -0.15) is 5.16 Å². The number of ether oxygens (including phenoxy) is 2. The molecule has 1 unspecified atom stereocenters. The molecule has 9 nitrogen and oxygen atoms in total. The Bertz CT molecular complexity index is 629. The maximum atomic E-state index is 12.3. The third-order valence-corrected chi connectivity index (χ3v) is 4.04. The van der Waals surface area contributed by atoms with Crippen LogP contribution in [0.15, 0.2) is 9.32 Å². The fourth-order valence-electron chi connectivity index (χ4n) is 2.59. The molecule has 0 aromatic carbocycles. The zero-order chi connectivity index (χ0) is 17.6. The number of hydrogen-bond donors (Lipinski definition) is 3. The average molecular weight is 341 g/mol. The number of carbonyl (C=O) groups excluding carboxylic acids is 2. The van der Waals surface area contributed by atoms with Gasteiger partial charge < -0.3 is 24.6 Å². The van der Waals surface area contributed by atoms with Crippen molar-refractivity contribution in [3.05, 3.63) is 21.7 Å². The maximum Gasteiger partial charge on any atom is 0.293 e. The molecule has 2 rings (SSSR count). The molecule has 3 N–H and O–H groups in total. The second-order valence-electron chi connectivity index (χ2n) is 5.68. The van der Waals surface area contributed by atoms with Crippen molar-refractivity contribution in [2.24, 2.45) is 0 Å². The number of hydrogen-bond acceptors (Lipinski definition) is 6. The van der Waals surface area contributed by atoms with Crippen molar-refractivity contribution in [1.82, 2.24) is 15.8 Å². The first-order valence-corrected chi connectivity index (χ1v) is 7.87. The van der Waals surface area contributed by atoms with E-state index in [2.05, 4.69) is 15.8 Å². The lowest BCUT2D eigenvalue weighted by molar-refractivity contribution is -0.160. The Balaban J connectivity index is 1.72. The van der Waals surface area contributed by atoms with Crippen LogP contribution in [0.25, 0.3) is 0 Å². The number of rotatable bonds is 7. The van der Waals surface area contributed by atoms with Gasteiger partial charge in [0.1, 0.15) is 11.3 Å². The summed E-state index contributed by atoms with van der Waals surface area (Å²) >= 11 is 0. The van der Waals surface area contributed by atoms with Crippen LogP contribution in [0.5, 0.6) is 0 Å². The van der Waals surface area contributed by atoms with Crippen molar-refractivity contribution in [3.8, 4) is 0 Å². The molecule has 1 atom stereocenters. The van der Waals surface area contributed by atoms with E-state index in [1.165, 1.54) is 14.0 Å². The molecule has 9 heteroatoms. The monoisotopic (exact) mass is 341 g/mol. The van der Waals surface area contributed by atoms with E-state index in [0.29, 0.717) is 32.5 Å². The number of H-pyrrole nitrogens is 1. The zero-order valence-corrected chi connectivity index (χ0v) is 13.9. The highest BCUT2D eigenvalue weighted by Gasteiger charge is 2.40. The summed E-state index contributed by atoms with van der Waals surface area (Å²) in [6.45, 7) is 3.11. The van der Waals surface area contributed by atoms with Crippen LogP contribution in [0.3, 0.4) is 0 Å². The minimum atomic E-state index is -0.928. The fraction of sp³-hybridized carbons (Fsp3) is 0.667. The fourth-order valence-corrected chi connectivity index (χ4v) is 2.59. The molecule has 1 aromatic rings. The lowest BCUT2D eigenvalue weighted by Gasteiger charge is -2.34. The Morgan fingerprint density at radius 3 is 2.67 bits per heavy atom. The van der Waals surface area contributed by atoms with Gasteiger partial charge in [-0.25, -0.2) is 0 Å². The topological polar surface area (TPSA) is 123 Å². The number of aromatic amines is 1. The quantitative estimate of drug-likeness (QED) is 0.586. The first-order valence-electron chi connectivity index (χ1n) is 7.87. The van der Waals surface area contributed by atoms with Crippen LogP contribution in [-0.4, -0.2) is 56.0 Å². The number of aromatic nitrogens is 1. The lowest BCUT2D eigenvalue weighted by atomic mass is 9.95. The van der Waals surface area contributed by atoms with Crippen molar-refractivity contribution in [3.63, 3.8) is 0 Å². The van der Waals surface area contributed by atoms with Gasteiger partial charge in [0.05, 0.1) is 6.61 Å². The van der Waals surface area contributed by atoms with Gasteiger partial charge in [-0.05, 0) is 26.2 Å². The van der Waals surface area contributed by atoms with Gasteiger partial charge in [0.25, 0.3) is 17.4 Å². The van der Waals surface area contributed by atoms with E-state index in [9.17, 15) is 14.4 Å². The Hall–Kier alpha value is -2.13. The molecule has 0 radical (unpaired) electrons. The molecule has 1 aliphatic rings. The van der Waals surface area contributed by atoms with Gasteiger partial charge in [-0.1, -0.05) is 0 Å². The number of nitrogens with one attached hydrogen (secondary N) is 3. The van der Waals surface area contributed by atoms with Crippen LogP contribution < -0.4 is 16.2 Å². The van der Waals surface area contributed by atoms with Crippen LogP contribution in [0.4, 0.5) is 0 Å². The summed E-state index contributed by atoms with van der Waals surface area (Å²) in [5.41, 5.74) is -1.52. The van der Waals surface area contributed by atoms with E-state index in [0.717, 1.165) is 6.42 Å². The average Bonchev–Trinajstić information content (AvgIpc) is 2.93. The van der Waals surface area contributed by atoms with Crippen LogP contribution in [0.2, 0.25) is 0 Å². The van der Waals surface area contributed by atoms with Crippen molar-refractivity contribution in [2.45, 2.75) is 31.8 Å². The molecule has 0 bridgehead atoms. The zero-order valence-electron chi connectivity index (χ0n) is 13.9. The number of amides is 2. The molecule has 0 saturated carbocycles. The molecular formula is C15H23N3O6. The van der Waals surface area contributed by atoms with Crippen LogP contribution in [-0.2, 0) is 14.3 Å². The number of carbonyl (C=O) groups is 2. The molecule has 134 valence electrons. The van der Waals surface area contributed by atoms with Crippen molar-refractivity contribution in [2.75, 3.05) is 33.4 Å². The number of aryl methyl sites for hydroxylation is 1. The minimum Gasteiger partial charge on any atom is -0.383 e. The molecule has 0 spiro atoms. The predicted molar refractivity (Wildman–Crippen MR) is 83.8 cm³/mol. The summed E-state index contributed by atoms with van der Waals surface area (Å²) in [5, 5.41) is 7.52. The summed E-state index contributed by atoms with van der Waals surface area (Å²) in [6.07, 6.45) is 1.91. The summed E-state index contributed by atoms with van der Waals surface area (Å²) in [5.74, 6) is -0.467. The largest absolute Gasteiger partial charge is 0.383 e. The highest BCUT2D eigenvalue weighted by molar-refractivity contribution is 5.94. The van der Waals surface area contributed by atoms with Gasteiger partial charge in [0, 0.05) is 26.8 Å². The van der Waals surface area contributed by atoms with Crippen LogP contribution in [0, 0.1) is 6.92 Å². The summed E-state index contributed by atoms with van der Waals surface area (Å²) in [4.78, 5) is 35.5. The molecule has 2 heterocycles. The number of methoxy groups -OCH3 is 1. The molecule has 1 aliphatic heterocycles. The van der Waals surface area contributed by atoms with E-state index in [1.54, 1.807) is 0 Å². The highest BCUT2D eigenvalue weighted by atomic mass is 16.5. The second-order valence-corrected chi connectivity index (χ2v) is 5.68. The van der Waals surface area contributed by atoms with E-state index >= 15 is 0 Å². The summed E-state index contributed by atoms with van der Waals surface area (Å²) in [6, 6.07) is 0. The van der Waals surface area contributed by atoms with Gasteiger partial charge >= 0.3 is 0 Å². The molecule has 1 aromatic heterocycles. The Kier molecular flexibility index (Phi) is 6.16. The predicted octanol–water partition coefficient (Wildman–Crippen LogP) is -0.292. The van der Waals surface area contributed by atoms with E-state index in [-0.39, 0.29) is 23.8 Å². The maximum absolute atomic E-state index is 12.3. The van der Waals surface area contributed by atoms with Crippen molar-refractivity contribution >= 4 is 11.8 Å². The van der Waals surface area contributed by atoms with Crippen LogP contribution in [0.1, 0.15) is 35.4 Å². The highest BCUT2D eigenvalue weighted by Crippen LogP contribution is 2.22. The molecule has 24 heavy (non-hydrogen) atoms. The summed E-state index contributed by atoms with van der Waals surface area (Å²) < 4.78 is 15.5. The molecular weight excluding hydrogens is 318 g/mol. The van der Waals surface area contributed by atoms with Crippen LogP contribution >= 0.6 is 0 Å². The SMILES string of the molecule is COC1(C(=O)NCCCNC(=O)c2c(C)o[nH]c2=O)CCCOC1. The lowest BCUT2D eigenvalue weighted by Crippen LogP contribution is -2.53. The normalized spacial score (nSPS) is 20.6. The molecule has 0 aliphatic carbocycles. The van der Waals surface area contributed by atoms with Gasteiger partial charge in [0.2, 0.25) is 0 Å². The third kappa shape index (κ3) is 4.04. The van der Waals surface area contributed by atoms with Crippen molar-refractivity contribution in [1.29, 1.82) is 0 Å². The first kappa shape index (κ1) is 18.2. The summed E-state index contributed by atoms with van der Waals surface area (Å²) in [7, 11) is 1.50. The van der Waals surface area contributed by atoms with E-state index in [4.69, 9.17) is 14.0 Å². The molecule has 1 saturated heterocycles. The van der Waals surface area contributed by atoms with Gasteiger partial charge in [0.15, 0.2) is 5.60 Å². The Morgan fingerprint density at radius 1 is 1.33 bits per heavy atom. The first-order chi connectivity index (χ1) is 11.5. The van der Waals surface area contributed by atoms with Gasteiger partial charge in [-0.15, -0.1) is 0 Å². The second kappa shape index (κ2) is 8.11. The molecule has 2 amide bonds. The minimum absolute atomic E-state index is 0.0308.